The minimum Gasteiger partial charge on any atom is -0.411 e. The third-order valence-corrected chi connectivity index (χ3v) is 3.92. The van der Waals surface area contributed by atoms with Crippen LogP contribution >= 0.6 is 11.8 Å². The predicted octanol–water partition coefficient (Wildman–Crippen LogP) is 3.31. The van der Waals surface area contributed by atoms with Gasteiger partial charge < -0.3 is 9.73 Å². The summed E-state index contributed by atoms with van der Waals surface area (Å²) >= 11 is 1.10. The third-order valence-electron chi connectivity index (χ3n) is 3.10. The summed E-state index contributed by atoms with van der Waals surface area (Å²) in [7, 11) is 0. The van der Waals surface area contributed by atoms with E-state index in [1.165, 1.54) is 6.07 Å². The van der Waals surface area contributed by atoms with Crippen molar-refractivity contribution in [2.45, 2.75) is 12.1 Å². The van der Waals surface area contributed by atoms with E-state index in [2.05, 4.69) is 20.5 Å². The Balaban J connectivity index is 1.56. The SMILES string of the molecule is Cc1ccc(NC(=O)CSc2nnc(-c3cccnc3)o2)cc1F. The lowest BCUT2D eigenvalue weighted by atomic mass is 10.2. The monoisotopic (exact) mass is 344 g/mol. The van der Waals surface area contributed by atoms with E-state index >= 15 is 0 Å². The van der Waals surface area contributed by atoms with Gasteiger partial charge in [0.2, 0.25) is 11.8 Å². The van der Waals surface area contributed by atoms with Gasteiger partial charge in [0, 0.05) is 18.1 Å². The number of rotatable bonds is 5. The Morgan fingerprint density at radius 3 is 2.96 bits per heavy atom. The molecule has 1 N–H and O–H groups in total. The molecule has 0 bridgehead atoms. The molecular formula is C16H13FN4O2S. The van der Waals surface area contributed by atoms with Gasteiger partial charge in [0.05, 0.1) is 11.3 Å². The first-order valence-corrected chi connectivity index (χ1v) is 8.03. The van der Waals surface area contributed by atoms with Gasteiger partial charge in [-0.25, -0.2) is 4.39 Å². The zero-order chi connectivity index (χ0) is 16.9. The van der Waals surface area contributed by atoms with Crippen molar-refractivity contribution in [1.82, 2.24) is 15.2 Å². The number of hydrogen-bond donors (Lipinski definition) is 1. The molecule has 0 saturated heterocycles. The molecule has 0 spiro atoms. The van der Waals surface area contributed by atoms with Crippen LogP contribution in [-0.2, 0) is 4.79 Å². The van der Waals surface area contributed by atoms with E-state index in [9.17, 15) is 9.18 Å². The molecule has 1 amide bonds. The first-order valence-electron chi connectivity index (χ1n) is 7.04. The minimum absolute atomic E-state index is 0.0736. The maximum Gasteiger partial charge on any atom is 0.277 e. The largest absolute Gasteiger partial charge is 0.411 e. The number of anilines is 1. The second-order valence-corrected chi connectivity index (χ2v) is 5.84. The lowest BCUT2D eigenvalue weighted by Crippen LogP contribution is -2.14. The lowest BCUT2D eigenvalue weighted by Gasteiger charge is -2.05. The fourth-order valence-electron chi connectivity index (χ4n) is 1.87. The van der Waals surface area contributed by atoms with Crippen LogP contribution in [0.5, 0.6) is 0 Å². The molecule has 0 unspecified atom stereocenters. The molecule has 0 aliphatic carbocycles. The van der Waals surface area contributed by atoms with Crippen LogP contribution in [0.2, 0.25) is 0 Å². The zero-order valence-corrected chi connectivity index (χ0v) is 13.5. The summed E-state index contributed by atoms with van der Waals surface area (Å²) in [5, 5.41) is 10.7. The second-order valence-electron chi connectivity index (χ2n) is 4.92. The van der Waals surface area contributed by atoms with Crippen molar-refractivity contribution in [3.8, 4) is 11.5 Å². The molecule has 0 aliphatic rings. The predicted molar refractivity (Wildman–Crippen MR) is 88.0 cm³/mol. The molecular weight excluding hydrogens is 331 g/mol. The highest BCUT2D eigenvalue weighted by molar-refractivity contribution is 7.99. The van der Waals surface area contributed by atoms with E-state index in [1.54, 1.807) is 43.6 Å². The van der Waals surface area contributed by atoms with Crippen molar-refractivity contribution < 1.29 is 13.6 Å². The van der Waals surface area contributed by atoms with Crippen LogP contribution in [0.25, 0.3) is 11.5 Å². The van der Waals surface area contributed by atoms with Crippen molar-refractivity contribution in [1.29, 1.82) is 0 Å². The number of carbonyl (C=O) groups excluding carboxylic acids is 1. The maximum absolute atomic E-state index is 13.4. The van der Waals surface area contributed by atoms with Crippen molar-refractivity contribution in [2.75, 3.05) is 11.1 Å². The summed E-state index contributed by atoms with van der Waals surface area (Å²) in [4.78, 5) is 15.9. The molecule has 6 nitrogen and oxygen atoms in total. The highest BCUT2D eigenvalue weighted by Gasteiger charge is 2.11. The Bertz CT molecular complexity index is 854. The lowest BCUT2D eigenvalue weighted by molar-refractivity contribution is -0.113. The van der Waals surface area contributed by atoms with Gasteiger partial charge in [0.1, 0.15) is 5.82 Å². The molecule has 1 aromatic carbocycles. The number of aryl methyl sites for hydroxylation is 1. The van der Waals surface area contributed by atoms with E-state index in [-0.39, 0.29) is 22.7 Å². The molecule has 0 radical (unpaired) electrons. The number of pyridine rings is 1. The first-order chi connectivity index (χ1) is 11.6. The van der Waals surface area contributed by atoms with Crippen LogP contribution in [0.15, 0.2) is 52.4 Å². The number of hydrogen-bond acceptors (Lipinski definition) is 6. The number of thioether (sulfide) groups is 1. The summed E-state index contributed by atoms with van der Waals surface area (Å²) in [5.41, 5.74) is 1.64. The van der Waals surface area contributed by atoms with E-state index in [1.807, 2.05) is 0 Å². The molecule has 24 heavy (non-hydrogen) atoms. The molecule has 3 aromatic rings. The van der Waals surface area contributed by atoms with Crippen LogP contribution in [0.1, 0.15) is 5.56 Å². The van der Waals surface area contributed by atoms with Gasteiger partial charge in [-0.15, -0.1) is 10.2 Å². The van der Waals surface area contributed by atoms with Gasteiger partial charge in [0.25, 0.3) is 5.22 Å². The first kappa shape index (κ1) is 16.1. The number of aromatic nitrogens is 3. The summed E-state index contributed by atoms with van der Waals surface area (Å²) in [5.74, 6) is -0.237. The Morgan fingerprint density at radius 2 is 2.21 bits per heavy atom. The number of nitrogens with one attached hydrogen (secondary N) is 1. The zero-order valence-electron chi connectivity index (χ0n) is 12.7. The van der Waals surface area contributed by atoms with Crippen LogP contribution in [0, 0.1) is 12.7 Å². The fraction of sp³-hybridized carbons (Fsp3) is 0.125. The van der Waals surface area contributed by atoms with Crippen molar-refractivity contribution in [2.24, 2.45) is 0 Å². The fourth-order valence-corrected chi connectivity index (χ4v) is 2.43. The number of nitrogens with zero attached hydrogens (tertiary/aromatic N) is 3. The minimum atomic E-state index is -0.363. The highest BCUT2D eigenvalue weighted by Crippen LogP contribution is 2.22. The Kier molecular flexibility index (Phi) is 4.85. The van der Waals surface area contributed by atoms with E-state index in [0.717, 1.165) is 11.8 Å². The molecule has 0 fully saturated rings. The van der Waals surface area contributed by atoms with Crippen LogP contribution in [0.3, 0.4) is 0 Å². The van der Waals surface area contributed by atoms with Gasteiger partial charge in [-0.3, -0.25) is 9.78 Å². The molecule has 2 heterocycles. The van der Waals surface area contributed by atoms with E-state index in [0.29, 0.717) is 22.7 Å². The van der Waals surface area contributed by atoms with Crippen molar-refractivity contribution >= 4 is 23.4 Å². The molecule has 0 aliphatic heterocycles. The standard InChI is InChI=1S/C16H13FN4O2S/c1-10-4-5-12(7-13(10)17)19-14(22)9-24-16-21-20-15(23-16)11-3-2-6-18-8-11/h2-8H,9H2,1H3,(H,19,22). The van der Waals surface area contributed by atoms with Gasteiger partial charge in [-0.1, -0.05) is 17.8 Å². The number of amides is 1. The van der Waals surface area contributed by atoms with E-state index < -0.39 is 0 Å². The van der Waals surface area contributed by atoms with Gasteiger partial charge in [-0.05, 0) is 36.8 Å². The molecule has 8 heteroatoms. The molecule has 0 atom stereocenters. The molecule has 3 rings (SSSR count). The quantitative estimate of drug-likeness (QED) is 0.715. The number of halogens is 1. The van der Waals surface area contributed by atoms with Crippen molar-refractivity contribution in [3.05, 3.63) is 54.1 Å². The van der Waals surface area contributed by atoms with Gasteiger partial charge in [-0.2, -0.15) is 0 Å². The summed E-state index contributed by atoms with van der Waals surface area (Å²) in [6.45, 7) is 1.66. The van der Waals surface area contributed by atoms with Crippen LogP contribution < -0.4 is 5.32 Å². The average Bonchev–Trinajstić information content (AvgIpc) is 3.06. The summed E-state index contributed by atoms with van der Waals surface area (Å²) in [6.07, 6.45) is 3.26. The Morgan fingerprint density at radius 1 is 1.33 bits per heavy atom. The second kappa shape index (κ2) is 7.22. The van der Waals surface area contributed by atoms with Crippen molar-refractivity contribution in [3.63, 3.8) is 0 Å². The summed E-state index contributed by atoms with van der Waals surface area (Å²) in [6, 6.07) is 8.10. The van der Waals surface area contributed by atoms with Crippen LogP contribution in [0.4, 0.5) is 10.1 Å². The average molecular weight is 344 g/mol. The van der Waals surface area contributed by atoms with Crippen LogP contribution in [-0.4, -0.2) is 26.8 Å². The van der Waals surface area contributed by atoms with Gasteiger partial charge in [0.15, 0.2) is 0 Å². The molecule has 2 aromatic heterocycles. The maximum atomic E-state index is 13.4. The Labute approximate surface area is 141 Å². The third kappa shape index (κ3) is 3.96. The van der Waals surface area contributed by atoms with Gasteiger partial charge >= 0.3 is 0 Å². The number of benzene rings is 1. The van der Waals surface area contributed by atoms with E-state index in [4.69, 9.17) is 4.42 Å². The molecule has 0 saturated carbocycles. The summed E-state index contributed by atoms with van der Waals surface area (Å²) < 4.78 is 18.9. The normalized spacial score (nSPS) is 10.6. The number of carbonyl (C=O) groups is 1. The molecule has 122 valence electrons. The highest BCUT2D eigenvalue weighted by atomic mass is 32.2. The topological polar surface area (TPSA) is 80.9 Å². The Hall–Kier alpha value is -2.74. The smallest absolute Gasteiger partial charge is 0.277 e.